The first-order chi connectivity index (χ1) is 12.0. The molecule has 7 nitrogen and oxygen atoms in total. The van der Waals surface area contributed by atoms with Crippen LogP contribution in [-0.4, -0.2) is 28.4 Å². The van der Waals surface area contributed by atoms with E-state index in [1.54, 1.807) is 6.92 Å². The molecule has 2 aromatic rings. The van der Waals surface area contributed by atoms with E-state index in [1.807, 2.05) is 51.1 Å². The predicted octanol–water partition coefficient (Wildman–Crippen LogP) is 1.20. The van der Waals surface area contributed by atoms with Gasteiger partial charge < -0.3 is 4.74 Å². The van der Waals surface area contributed by atoms with Gasteiger partial charge in [-0.15, -0.1) is 9.97 Å². The lowest BCUT2D eigenvalue weighted by molar-refractivity contribution is -0.366. The number of anilines is 1. The van der Waals surface area contributed by atoms with E-state index in [0.29, 0.717) is 24.9 Å². The molecule has 1 aromatic carbocycles. The molecular formula is C18H24N5O2+. The van der Waals surface area contributed by atoms with Gasteiger partial charge in [0.05, 0.1) is 23.7 Å². The minimum Gasteiger partial charge on any atom is -0.494 e. The lowest BCUT2D eigenvalue weighted by atomic mass is 10.3. The van der Waals surface area contributed by atoms with Gasteiger partial charge in [0.15, 0.2) is 0 Å². The predicted molar refractivity (Wildman–Crippen MR) is 96.8 cm³/mol. The fourth-order valence-corrected chi connectivity index (χ4v) is 2.16. The second kappa shape index (κ2) is 8.77. The first-order valence-corrected chi connectivity index (χ1v) is 8.26. The zero-order chi connectivity index (χ0) is 18.2. The number of amides is 1. The van der Waals surface area contributed by atoms with Crippen molar-refractivity contribution in [2.45, 2.75) is 34.1 Å². The summed E-state index contributed by atoms with van der Waals surface area (Å²) in [6, 6.07) is 9.34. The van der Waals surface area contributed by atoms with Crippen LogP contribution in [0.4, 0.5) is 11.6 Å². The van der Waals surface area contributed by atoms with Gasteiger partial charge in [-0.2, -0.15) is 0 Å². The molecule has 25 heavy (non-hydrogen) atoms. The Morgan fingerprint density at radius 1 is 1.12 bits per heavy atom. The Kier molecular flexibility index (Phi) is 6.45. The van der Waals surface area contributed by atoms with Gasteiger partial charge in [-0.1, -0.05) is 6.92 Å². The minimum atomic E-state index is -0.120. The van der Waals surface area contributed by atoms with Crippen LogP contribution in [0.25, 0.3) is 0 Å². The van der Waals surface area contributed by atoms with Crippen molar-refractivity contribution in [3.05, 3.63) is 41.7 Å². The Labute approximate surface area is 147 Å². The second-order valence-corrected chi connectivity index (χ2v) is 5.46. The fourth-order valence-electron chi connectivity index (χ4n) is 2.16. The molecule has 7 heteroatoms. The van der Waals surface area contributed by atoms with E-state index in [-0.39, 0.29) is 5.91 Å². The molecule has 0 aliphatic rings. The SMILES string of the molecule is CCOc1ccc(NC(NC(=O)CC)=[NH+]c2nc(C)cc(C)n2)cc1. The average Bonchev–Trinajstić information content (AvgIpc) is 2.55. The third-order valence-electron chi connectivity index (χ3n) is 3.24. The maximum Gasteiger partial charge on any atom is 0.354 e. The van der Waals surface area contributed by atoms with Crippen LogP contribution in [0, 0.1) is 13.8 Å². The van der Waals surface area contributed by atoms with Crippen molar-refractivity contribution in [1.82, 2.24) is 15.3 Å². The van der Waals surface area contributed by atoms with Gasteiger partial charge in [0.2, 0.25) is 0 Å². The number of rotatable bonds is 5. The molecule has 0 spiro atoms. The first-order valence-electron chi connectivity index (χ1n) is 8.26. The molecule has 1 heterocycles. The van der Waals surface area contributed by atoms with Gasteiger partial charge in [-0.25, -0.2) is 10.3 Å². The number of aryl methyl sites for hydroxylation is 2. The lowest BCUT2D eigenvalue weighted by Crippen LogP contribution is -2.74. The standard InChI is InChI=1S/C18H23N5O2/c1-5-16(24)22-18(23-17-19-12(3)11-13(4)20-17)21-14-7-9-15(10-8-14)25-6-2/h7-11H,5-6H2,1-4H3,(H2,19,20,21,22,23,24)/p+1. The Bertz CT molecular complexity index is 736. The van der Waals surface area contributed by atoms with Crippen LogP contribution < -0.4 is 20.4 Å². The Morgan fingerprint density at radius 2 is 1.76 bits per heavy atom. The quantitative estimate of drug-likeness (QED) is 0.561. The molecule has 0 fully saturated rings. The van der Waals surface area contributed by atoms with Gasteiger partial charge in [-0.05, 0) is 45.0 Å². The van der Waals surface area contributed by atoms with Crippen LogP contribution >= 0.6 is 0 Å². The van der Waals surface area contributed by atoms with Gasteiger partial charge in [-0.3, -0.25) is 10.1 Å². The van der Waals surface area contributed by atoms with Crippen molar-refractivity contribution in [1.29, 1.82) is 0 Å². The zero-order valence-corrected chi connectivity index (χ0v) is 15.0. The third kappa shape index (κ3) is 5.87. The van der Waals surface area contributed by atoms with Crippen LogP contribution in [0.3, 0.4) is 0 Å². The van der Waals surface area contributed by atoms with E-state index >= 15 is 0 Å². The monoisotopic (exact) mass is 342 g/mol. The molecule has 1 aromatic heterocycles. The summed E-state index contributed by atoms with van der Waals surface area (Å²) in [6.45, 7) is 8.12. The van der Waals surface area contributed by atoms with E-state index in [9.17, 15) is 4.79 Å². The Hall–Kier alpha value is -2.96. The van der Waals surface area contributed by atoms with Crippen LogP contribution in [0.15, 0.2) is 30.3 Å². The van der Waals surface area contributed by atoms with Crippen molar-refractivity contribution >= 4 is 23.5 Å². The van der Waals surface area contributed by atoms with E-state index in [4.69, 9.17) is 4.74 Å². The minimum absolute atomic E-state index is 0.120. The van der Waals surface area contributed by atoms with E-state index in [0.717, 1.165) is 22.8 Å². The number of carbonyl (C=O) groups excluding carboxylic acids is 1. The highest BCUT2D eigenvalue weighted by Gasteiger charge is 2.12. The molecule has 0 atom stereocenters. The fraction of sp³-hybridized carbons (Fsp3) is 0.333. The van der Waals surface area contributed by atoms with Crippen molar-refractivity contribution in [2.75, 3.05) is 11.9 Å². The number of nitrogens with zero attached hydrogens (tertiary/aromatic N) is 2. The Balaban J connectivity index is 2.25. The molecule has 1 amide bonds. The second-order valence-electron chi connectivity index (χ2n) is 5.46. The number of hydrogen-bond acceptors (Lipinski definition) is 4. The van der Waals surface area contributed by atoms with E-state index in [2.05, 4.69) is 25.6 Å². The van der Waals surface area contributed by atoms with Crippen molar-refractivity contribution < 1.29 is 14.5 Å². The summed E-state index contributed by atoms with van der Waals surface area (Å²) in [5.41, 5.74) is 2.49. The van der Waals surface area contributed by atoms with Crippen molar-refractivity contribution in [2.24, 2.45) is 0 Å². The molecule has 0 radical (unpaired) electrons. The lowest BCUT2D eigenvalue weighted by Gasteiger charge is -2.08. The molecule has 132 valence electrons. The van der Waals surface area contributed by atoms with Crippen LogP contribution in [-0.2, 0) is 4.79 Å². The number of benzene rings is 1. The molecule has 2 rings (SSSR count). The topological polar surface area (TPSA) is 90.1 Å². The number of carbonyl (C=O) groups is 1. The molecule has 0 saturated carbocycles. The third-order valence-corrected chi connectivity index (χ3v) is 3.24. The van der Waals surface area contributed by atoms with Crippen molar-refractivity contribution in [3.63, 3.8) is 0 Å². The summed E-state index contributed by atoms with van der Waals surface area (Å²) in [7, 11) is 0. The molecule has 0 aliphatic heterocycles. The molecule has 3 N–H and O–H groups in total. The summed E-state index contributed by atoms with van der Waals surface area (Å²) >= 11 is 0. The smallest absolute Gasteiger partial charge is 0.354 e. The van der Waals surface area contributed by atoms with Crippen LogP contribution in [0.2, 0.25) is 0 Å². The highest BCUT2D eigenvalue weighted by molar-refractivity contribution is 6.01. The molecule has 0 aliphatic carbocycles. The van der Waals surface area contributed by atoms with E-state index < -0.39 is 0 Å². The zero-order valence-electron chi connectivity index (χ0n) is 15.0. The number of guanidine groups is 1. The molecule has 0 saturated heterocycles. The molecule has 0 unspecified atom stereocenters. The largest absolute Gasteiger partial charge is 0.494 e. The van der Waals surface area contributed by atoms with Crippen molar-refractivity contribution in [3.8, 4) is 5.75 Å². The summed E-state index contributed by atoms with van der Waals surface area (Å²) < 4.78 is 5.43. The highest BCUT2D eigenvalue weighted by Crippen LogP contribution is 2.15. The van der Waals surface area contributed by atoms with Gasteiger partial charge >= 0.3 is 5.95 Å². The molecular weight excluding hydrogens is 318 g/mol. The normalized spacial score (nSPS) is 11.1. The summed E-state index contributed by atoms with van der Waals surface area (Å²) in [4.78, 5) is 23.5. The maximum absolute atomic E-state index is 11.8. The number of ether oxygens (including phenoxy) is 1. The van der Waals surface area contributed by atoms with Crippen LogP contribution in [0.1, 0.15) is 31.7 Å². The maximum atomic E-state index is 11.8. The highest BCUT2D eigenvalue weighted by atomic mass is 16.5. The van der Waals surface area contributed by atoms with Crippen LogP contribution in [0.5, 0.6) is 5.75 Å². The Morgan fingerprint density at radius 3 is 2.32 bits per heavy atom. The first kappa shape index (κ1) is 18.4. The number of nitrogens with one attached hydrogen (secondary N) is 3. The van der Waals surface area contributed by atoms with Gasteiger partial charge in [0, 0.05) is 12.5 Å². The summed E-state index contributed by atoms with van der Waals surface area (Å²) in [5, 5.41) is 5.93. The van der Waals surface area contributed by atoms with Gasteiger partial charge in [0.1, 0.15) is 5.75 Å². The molecule has 0 bridgehead atoms. The average molecular weight is 342 g/mol. The van der Waals surface area contributed by atoms with E-state index in [1.165, 1.54) is 0 Å². The number of hydrogen-bond donors (Lipinski definition) is 3. The summed E-state index contributed by atoms with van der Waals surface area (Å²) in [6.07, 6.45) is 0.365. The van der Waals surface area contributed by atoms with Gasteiger partial charge in [0.25, 0.3) is 11.9 Å². The number of aromatic nitrogens is 2. The summed E-state index contributed by atoms with van der Waals surface area (Å²) in [5.74, 6) is 1.49.